The second-order valence-corrected chi connectivity index (χ2v) is 8.27. The maximum absolute atomic E-state index is 11.8. The molecule has 25 heavy (non-hydrogen) atoms. The van der Waals surface area contributed by atoms with E-state index in [-0.39, 0.29) is 24.0 Å². The van der Waals surface area contributed by atoms with Gasteiger partial charge in [-0.05, 0) is 0 Å². The summed E-state index contributed by atoms with van der Waals surface area (Å²) in [5.74, 6) is -0.704. The van der Waals surface area contributed by atoms with Gasteiger partial charge in [0.25, 0.3) is 0 Å². The van der Waals surface area contributed by atoms with Crippen molar-refractivity contribution in [3.63, 3.8) is 0 Å². The van der Waals surface area contributed by atoms with Gasteiger partial charge in [0.2, 0.25) is 11.8 Å². The Kier molecular flexibility index (Phi) is 10.5. The lowest BCUT2D eigenvalue weighted by Gasteiger charge is -2.35. The van der Waals surface area contributed by atoms with Gasteiger partial charge in [-0.25, -0.2) is 0 Å². The van der Waals surface area contributed by atoms with Crippen LogP contribution in [0.25, 0.3) is 0 Å². The van der Waals surface area contributed by atoms with Crippen LogP contribution in [0, 0.1) is 5.41 Å². The van der Waals surface area contributed by atoms with Crippen LogP contribution in [0.3, 0.4) is 0 Å². The summed E-state index contributed by atoms with van der Waals surface area (Å²) in [5, 5.41) is 14.8. The number of phosphoric ester groups is 1. The van der Waals surface area contributed by atoms with E-state index in [4.69, 9.17) is 0 Å². The number of thioether (sulfide) groups is 1. The number of nitrogens with one attached hydrogen (secondary N) is 2. The number of hydrogen-bond acceptors (Lipinski definition) is 9. The van der Waals surface area contributed by atoms with E-state index in [0.29, 0.717) is 12.3 Å². The Morgan fingerprint density at radius 2 is 1.84 bits per heavy atom. The molecule has 0 radical (unpaired) electrons. The second kappa shape index (κ2) is 10.9. The normalized spacial score (nSPS) is 13.2. The Hall–Kier alpha value is -0.970. The van der Waals surface area contributed by atoms with Crippen molar-refractivity contribution in [1.29, 1.82) is 0 Å². The first-order valence-electron chi connectivity index (χ1n) is 7.37. The smallest absolute Gasteiger partial charge is 0.249 e. The first-order chi connectivity index (χ1) is 11.3. The van der Waals surface area contributed by atoms with Crippen molar-refractivity contribution in [2.75, 3.05) is 25.4 Å². The number of carbonyl (C=O) groups is 3. The molecular formula is C13H23N2O8PS-2. The van der Waals surface area contributed by atoms with E-state index >= 15 is 0 Å². The highest BCUT2D eigenvalue weighted by Crippen LogP contribution is 2.31. The predicted octanol–water partition coefficient (Wildman–Crippen LogP) is -1.88. The molecule has 10 nitrogen and oxygen atoms in total. The topological polar surface area (TPSA) is 168 Å². The minimum Gasteiger partial charge on any atom is -0.790 e. The van der Waals surface area contributed by atoms with E-state index in [0.717, 1.165) is 11.8 Å². The Balaban J connectivity index is 4.13. The number of rotatable bonds is 11. The van der Waals surface area contributed by atoms with Crippen molar-refractivity contribution in [3.8, 4) is 0 Å². The molecule has 0 heterocycles. The van der Waals surface area contributed by atoms with Crippen LogP contribution in [-0.2, 0) is 23.5 Å². The molecule has 0 fully saturated rings. The van der Waals surface area contributed by atoms with Gasteiger partial charge in [-0.15, -0.1) is 0 Å². The van der Waals surface area contributed by atoms with Gasteiger partial charge in [-0.1, -0.05) is 25.6 Å². The minimum atomic E-state index is -5.20. The summed E-state index contributed by atoms with van der Waals surface area (Å²) in [4.78, 5) is 55.0. The Labute approximate surface area is 150 Å². The molecule has 0 aromatic rings. The lowest BCUT2D eigenvalue weighted by atomic mass is 9.87. The molecule has 0 bridgehead atoms. The van der Waals surface area contributed by atoms with Crippen LogP contribution in [-0.4, -0.2) is 53.6 Å². The van der Waals surface area contributed by atoms with Gasteiger partial charge in [-0.2, -0.15) is 0 Å². The lowest BCUT2D eigenvalue weighted by molar-refractivity contribution is -0.343. The fourth-order valence-corrected chi connectivity index (χ4v) is 2.53. The van der Waals surface area contributed by atoms with Crippen LogP contribution in [0.5, 0.6) is 0 Å². The third-order valence-corrected chi connectivity index (χ3v) is 4.22. The fourth-order valence-electron chi connectivity index (χ4n) is 1.55. The van der Waals surface area contributed by atoms with Crippen LogP contribution in [0.1, 0.15) is 27.2 Å². The van der Waals surface area contributed by atoms with E-state index in [2.05, 4.69) is 15.2 Å². The third kappa shape index (κ3) is 12.1. The van der Waals surface area contributed by atoms with E-state index < -0.39 is 31.9 Å². The molecule has 2 amide bonds. The first-order valence-corrected chi connectivity index (χ1v) is 9.82. The molecule has 0 aromatic heterocycles. The Bertz CT molecular complexity index is 522. The quantitative estimate of drug-likeness (QED) is 0.266. The highest BCUT2D eigenvalue weighted by molar-refractivity contribution is 8.13. The fraction of sp³-hybridized carbons (Fsp3) is 0.769. The number of amides is 2. The molecule has 1 unspecified atom stereocenters. The molecule has 3 N–H and O–H groups in total. The van der Waals surface area contributed by atoms with Crippen molar-refractivity contribution in [2.45, 2.75) is 33.3 Å². The Morgan fingerprint density at radius 1 is 1.24 bits per heavy atom. The van der Waals surface area contributed by atoms with Crippen LogP contribution >= 0.6 is 19.6 Å². The monoisotopic (exact) mass is 398 g/mol. The van der Waals surface area contributed by atoms with Gasteiger partial charge in [-0.3, -0.25) is 14.4 Å². The summed E-state index contributed by atoms with van der Waals surface area (Å²) < 4.78 is 14.6. The molecule has 0 saturated carbocycles. The molecule has 1 atom stereocenters. The molecule has 0 aliphatic carbocycles. The van der Waals surface area contributed by atoms with Crippen molar-refractivity contribution in [1.82, 2.24) is 10.6 Å². The highest BCUT2D eigenvalue weighted by Gasteiger charge is 2.34. The Morgan fingerprint density at radius 3 is 2.36 bits per heavy atom. The molecule has 146 valence electrons. The molecule has 0 aromatic carbocycles. The zero-order valence-corrected chi connectivity index (χ0v) is 16.0. The van der Waals surface area contributed by atoms with E-state index in [1.165, 1.54) is 20.8 Å². The van der Waals surface area contributed by atoms with Crippen LogP contribution < -0.4 is 20.4 Å². The molecule has 0 saturated heterocycles. The van der Waals surface area contributed by atoms with Gasteiger partial charge >= 0.3 is 0 Å². The SMILES string of the molecule is CC(=O)SCCNC(=O)CCNC(=O)C(O)C(C)(C)COP(=O)([O-])[O-]. The number of hydrogen-bond donors (Lipinski definition) is 3. The summed E-state index contributed by atoms with van der Waals surface area (Å²) in [6.07, 6.45) is -1.66. The maximum Gasteiger partial charge on any atom is 0.249 e. The largest absolute Gasteiger partial charge is 0.790 e. The minimum absolute atomic E-state index is 0.0313. The molecule has 0 spiro atoms. The van der Waals surface area contributed by atoms with Gasteiger partial charge in [0.15, 0.2) is 5.12 Å². The molecular weight excluding hydrogens is 375 g/mol. The summed E-state index contributed by atoms with van der Waals surface area (Å²) >= 11 is 1.08. The van der Waals surface area contributed by atoms with Crippen molar-refractivity contribution >= 4 is 36.5 Å². The third-order valence-electron chi connectivity index (χ3n) is 2.96. The highest BCUT2D eigenvalue weighted by atomic mass is 32.2. The van der Waals surface area contributed by atoms with Gasteiger partial charge < -0.3 is 34.6 Å². The van der Waals surface area contributed by atoms with Gasteiger partial charge in [0.1, 0.15) is 6.10 Å². The molecule has 0 rings (SSSR count). The van der Waals surface area contributed by atoms with Crippen LogP contribution in [0.4, 0.5) is 0 Å². The van der Waals surface area contributed by atoms with E-state index in [1.807, 2.05) is 0 Å². The zero-order valence-electron chi connectivity index (χ0n) is 14.3. The van der Waals surface area contributed by atoms with Crippen LogP contribution in [0.2, 0.25) is 0 Å². The van der Waals surface area contributed by atoms with E-state index in [9.17, 15) is 33.8 Å². The summed E-state index contributed by atoms with van der Waals surface area (Å²) in [6, 6.07) is 0. The van der Waals surface area contributed by atoms with Crippen molar-refractivity contribution in [2.24, 2.45) is 5.41 Å². The molecule has 0 aliphatic rings. The summed E-state index contributed by atoms with van der Waals surface area (Å²) in [6.45, 7) is 3.75. The number of aliphatic hydroxyl groups excluding tert-OH is 1. The number of phosphoric acid groups is 1. The predicted molar refractivity (Wildman–Crippen MR) is 87.1 cm³/mol. The summed E-state index contributed by atoms with van der Waals surface area (Å²) in [7, 11) is -5.20. The van der Waals surface area contributed by atoms with Gasteiger partial charge in [0, 0.05) is 37.6 Å². The van der Waals surface area contributed by atoms with Crippen molar-refractivity contribution in [3.05, 3.63) is 0 Å². The standard InChI is InChI=1S/C13H25N2O8PS/c1-9(16)25-7-6-14-10(17)4-5-15-12(19)11(18)13(2,3)8-23-24(20,21)22/h11,18H,4-8H2,1-3H3,(H,14,17)(H,15,19)(H2,20,21,22)/p-2. The molecule has 12 heteroatoms. The zero-order chi connectivity index (χ0) is 19.7. The van der Waals surface area contributed by atoms with E-state index in [1.54, 1.807) is 0 Å². The van der Waals surface area contributed by atoms with Crippen molar-refractivity contribution < 1.29 is 38.4 Å². The number of aliphatic hydroxyl groups is 1. The first kappa shape index (κ1) is 24.0. The summed E-state index contributed by atoms with van der Waals surface area (Å²) in [5.41, 5.74) is -1.32. The van der Waals surface area contributed by atoms with Gasteiger partial charge in [0.05, 0.1) is 14.4 Å². The lowest BCUT2D eigenvalue weighted by Crippen LogP contribution is -2.46. The second-order valence-electron chi connectivity index (χ2n) is 5.84. The molecule has 0 aliphatic heterocycles. The maximum atomic E-state index is 11.8. The average Bonchev–Trinajstić information content (AvgIpc) is 2.48. The van der Waals surface area contributed by atoms with Crippen LogP contribution in [0.15, 0.2) is 0 Å². The number of carbonyl (C=O) groups excluding carboxylic acids is 3. The average molecular weight is 398 g/mol.